The highest BCUT2D eigenvalue weighted by molar-refractivity contribution is 5.92. The third-order valence-electron chi connectivity index (χ3n) is 7.26. The first-order valence-electron chi connectivity index (χ1n) is 16.5. The van der Waals surface area contributed by atoms with E-state index in [0.29, 0.717) is 44.2 Å². The highest BCUT2D eigenvalue weighted by atomic mass is 19.1. The zero-order valence-electron chi connectivity index (χ0n) is 28.2. The molecule has 0 N–H and O–H groups in total. The molecule has 0 fully saturated rings. The van der Waals surface area contributed by atoms with Crippen LogP contribution < -0.4 is 18.9 Å². The van der Waals surface area contributed by atoms with Gasteiger partial charge in [0.1, 0.15) is 35.8 Å². The van der Waals surface area contributed by atoms with Gasteiger partial charge in [-0.05, 0) is 98.8 Å². The lowest BCUT2D eigenvalue weighted by Gasteiger charge is -2.16. The fraction of sp³-hybridized carbons (Fsp3) is 0.333. The third-order valence-corrected chi connectivity index (χ3v) is 7.26. The Morgan fingerprint density at radius 1 is 0.680 bits per heavy atom. The number of hydrogen-bond acceptors (Lipinski definition) is 10. The van der Waals surface area contributed by atoms with Crippen molar-refractivity contribution in [3.8, 4) is 23.0 Å². The van der Waals surface area contributed by atoms with Crippen LogP contribution in [0.25, 0.3) is 0 Å². The first kappa shape index (κ1) is 39.0. The Kier molecular flexibility index (Phi) is 16.8. The lowest BCUT2D eigenvalue weighted by Crippen LogP contribution is -2.19. The van der Waals surface area contributed by atoms with E-state index in [1.807, 2.05) is 6.92 Å². The molecule has 3 aromatic carbocycles. The van der Waals surface area contributed by atoms with Crippen LogP contribution >= 0.6 is 0 Å². The van der Waals surface area contributed by atoms with Gasteiger partial charge in [-0.1, -0.05) is 26.5 Å². The molecule has 0 aliphatic heterocycles. The number of alkyl halides is 1. The van der Waals surface area contributed by atoms with Crippen LogP contribution in [0.3, 0.4) is 0 Å². The van der Waals surface area contributed by atoms with E-state index in [4.69, 9.17) is 28.4 Å². The van der Waals surface area contributed by atoms with Crippen molar-refractivity contribution in [1.82, 2.24) is 0 Å². The van der Waals surface area contributed by atoms with E-state index in [-0.39, 0.29) is 34.3 Å². The van der Waals surface area contributed by atoms with Gasteiger partial charge in [-0.3, -0.25) is 0 Å². The molecule has 266 valence electrons. The molecule has 0 radical (unpaired) electrons. The van der Waals surface area contributed by atoms with E-state index in [2.05, 4.69) is 13.2 Å². The monoisotopic (exact) mass is 690 g/mol. The molecule has 50 heavy (non-hydrogen) atoms. The van der Waals surface area contributed by atoms with Crippen molar-refractivity contribution in [3.63, 3.8) is 0 Å². The van der Waals surface area contributed by atoms with Crippen LogP contribution in [0, 0.1) is 0 Å². The lowest BCUT2D eigenvalue weighted by molar-refractivity contribution is -0.144. The van der Waals surface area contributed by atoms with E-state index >= 15 is 0 Å². The molecule has 3 rings (SSSR count). The second-order valence-electron chi connectivity index (χ2n) is 11.1. The Morgan fingerprint density at radius 3 is 1.82 bits per heavy atom. The molecule has 0 saturated heterocycles. The summed E-state index contributed by atoms with van der Waals surface area (Å²) >= 11 is 0. The van der Waals surface area contributed by atoms with Gasteiger partial charge in [-0.25, -0.2) is 23.6 Å². The van der Waals surface area contributed by atoms with Gasteiger partial charge in [0.15, 0.2) is 0 Å². The fourth-order valence-electron chi connectivity index (χ4n) is 4.61. The van der Waals surface area contributed by atoms with E-state index in [9.17, 15) is 23.6 Å². The standard InChI is InChI=1S/C39H43FO10/c1-4-11-33(48-37(42)6-3)22-25-46-32-18-14-29(15-19-32)39(44)50-35-21-20-34(26-30(35)27-40)49-38(43)28-12-16-31(17-13-28)45-23-9-7-8-10-24-47-36(41)5-2/h5-6,12-21,26,33H,2-4,7-11,22-25,27H2,1H3. The molecule has 0 aliphatic rings. The largest absolute Gasteiger partial charge is 0.494 e. The maximum atomic E-state index is 13.9. The number of carbonyl (C=O) groups excluding carboxylic acids is 4. The molecular weight excluding hydrogens is 647 g/mol. The molecule has 0 bridgehead atoms. The van der Waals surface area contributed by atoms with Gasteiger partial charge >= 0.3 is 23.9 Å². The minimum atomic E-state index is -0.962. The predicted octanol–water partition coefficient (Wildman–Crippen LogP) is 7.93. The van der Waals surface area contributed by atoms with Crippen LogP contribution in [0.5, 0.6) is 23.0 Å². The molecule has 11 heteroatoms. The van der Waals surface area contributed by atoms with Gasteiger partial charge in [-0.2, -0.15) is 0 Å². The first-order valence-corrected chi connectivity index (χ1v) is 16.5. The van der Waals surface area contributed by atoms with E-state index < -0.39 is 30.6 Å². The molecule has 1 atom stereocenters. The van der Waals surface area contributed by atoms with Gasteiger partial charge in [0.05, 0.1) is 30.9 Å². The summed E-state index contributed by atoms with van der Waals surface area (Å²) in [6.45, 7) is 8.96. The molecule has 1 unspecified atom stereocenters. The van der Waals surface area contributed by atoms with Gasteiger partial charge in [0.25, 0.3) is 0 Å². The maximum absolute atomic E-state index is 13.9. The Balaban J connectivity index is 1.45. The highest BCUT2D eigenvalue weighted by Gasteiger charge is 2.16. The molecule has 3 aromatic rings. The quantitative estimate of drug-likeness (QED) is 0.0444. The predicted molar refractivity (Wildman–Crippen MR) is 184 cm³/mol. The summed E-state index contributed by atoms with van der Waals surface area (Å²) < 4.78 is 46.5. The van der Waals surface area contributed by atoms with Crippen molar-refractivity contribution < 1.29 is 52.0 Å². The number of esters is 4. The number of carbonyl (C=O) groups is 4. The Labute approximate surface area is 291 Å². The van der Waals surface area contributed by atoms with Crippen LogP contribution in [-0.2, 0) is 25.7 Å². The van der Waals surface area contributed by atoms with Crippen molar-refractivity contribution in [2.75, 3.05) is 19.8 Å². The zero-order chi connectivity index (χ0) is 36.1. The topological polar surface area (TPSA) is 124 Å². The van der Waals surface area contributed by atoms with Crippen LogP contribution in [-0.4, -0.2) is 49.8 Å². The molecule has 0 aliphatic carbocycles. The smallest absolute Gasteiger partial charge is 0.343 e. The summed E-state index contributed by atoms with van der Waals surface area (Å²) in [7, 11) is 0. The summed E-state index contributed by atoms with van der Waals surface area (Å²) in [5.74, 6) is -1.07. The summed E-state index contributed by atoms with van der Waals surface area (Å²) in [5.41, 5.74) is 0.523. The first-order chi connectivity index (χ1) is 24.3. The Hall–Kier alpha value is -5.45. The summed E-state index contributed by atoms with van der Waals surface area (Å²) in [5, 5.41) is 0. The van der Waals surface area contributed by atoms with Crippen LogP contribution in [0.2, 0.25) is 0 Å². The molecule has 0 aromatic heterocycles. The average molecular weight is 691 g/mol. The number of halogens is 1. The number of hydrogen-bond donors (Lipinski definition) is 0. The number of unbranched alkanes of at least 4 members (excludes halogenated alkanes) is 3. The van der Waals surface area contributed by atoms with Crippen molar-refractivity contribution in [1.29, 1.82) is 0 Å². The van der Waals surface area contributed by atoms with Crippen molar-refractivity contribution in [3.05, 3.63) is 109 Å². The minimum absolute atomic E-state index is 0.00806. The highest BCUT2D eigenvalue weighted by Crippen LogP contribution is 2.27. The Bertz CT molecular complexity index is 1570. The SMILES string of the molecule is C=CC(=O)OCCCCCCOc1ccc(C(=O)Oc2ccc(OC(=O)c3ccc(OCCC(CCC)OC(=O)C=C)cc3)c(CF)c2)cc1. The number of ether oxygens (including phenoxy) is 6. The lowest BCUT2D eigenvalue weighted by atomic mass is 10.1. The second-order valence-corrected chi connectivity index (χ2v) is 11.1. The van der Waals surface area contributed by atoms with E-state index in [1.165, 1.54) is 30.3 Å². The third kappa shape index (κ3) is 13.6. The molecular formula is C39H43FO10. The van der Waals surface area contributed by atoms with Crippen LogP contribution in [0.4, 0.5) is 4.39 Å². The van der Waals surface area contributed by atoms with Crippen LogP contribution in [0.1, 0.15) is 78.1 Å². The Morgan fingerprint density at radius 2 is 1.24 bits per heavy atom. The van der Waals surface area contributed by atoms with E-state index in [1.54, 1.807) is 36.4 Å². The summed E-state index contributed by atoms with van der Waals surface area (Å²) in [4.78, 5) is 48.0. The van der Waals surface area contributed by atoms with Crippen molar-refractivity contribution in [2.45, 2.75) is 64.6 Å². The second kappa shape index (κ2) is 21.5. The fourth-order valence-corrected chi connectivity index (χ4v) is 4.61. The van der Waals surface area contributed by atoms with Gasteiger partial charge in [0.2, 0.25) is 0 Å². The van der Waals surface area contributed by atoms with E-state index in [0.717, 1.165) is 44.3 Å². The minimum Gasteiger partial charge on any atom is -0.494 e. The van der Waals surface area contributed by atoms with Crippen LogP contribution in [0.15, 0.2) is 92.0 Å². The van der Waals surface area contributed by atoms with Gasteiger partial charge in [0, 0.05) is 24.1 Å². The molecule has 10 nitrogen and oxygen atoms in total. The van der Waals surface area contributed by atoms with Gasteiger partial charge in [-0.15, -0.1) is 0 Å². The average Bonchev–Trinajstić information content (AvgIpc) is 3.13. The summed E-state index contributed by atoms with van der Waals surface area (Å²) in [6.07, 6.45) is 7.43. The number of rotatable bonds is 22. The number of benzene rings is 3. The summed E-state index contributed by atoms with van der Waals surface area (Å²) in [6, 6.07) is 16.8. The molecule has 0 saturated carbocycles. The maximum Gasteiger partial charge on any atom is 0.343 e. The molecule has 0 spiro atoms. The van der Waals surface area contributed by atoms with Gasteiger partial charge < -0.3 is 28.4 Å². The molecule has 0 amide bonds. The van der Waals surface area contributed by atoms with Crippen molar-refractivity contribution in [2.24, 2.45) is 0 Å². The normalized spacial score (nSPS) is 11.1. The zero-order valence-corrected chi connectivity index (χ0v) is 28.2. The molecule has 0 heterocycles. The van der Waals surface area contributed by atoms with Crippen molar-refractivity contribution >= 4 is 23.9 Å².